The zero-order chi connectivity index (χ0) is 24.8. The van der Waals surface area contributed by atoms with Gasteiger partial charge in [-0.3, -0.25) is 0 Å². The molecule has 2 aromatic carbocycles. The minimum absolute atomic E-state index is 0.0759. The van der Waals surface area contributed by atoms with E-state index in [1.165, 1.54) is 0 Å². The molecule has 0 aliphatic heterocycles. The van der Waals surface area contributed by atoms with E-state index in [4.69, 9.17) is 15.2 Å². The van der Waals surface area contributed by atoms with Crippen LogP contribution in [0.3, 0.4) is 0 Å². The van der Waals surface area contributed by atoms with E-state index < -0.39 is 35.5 Å². The lowest BCUT2D eigenvalue weighted by Crippen LogP contribution is -2.26. The number of hydrogen-bond donors (Lipinski definition) is 2. The Hall–Kier alpha value is -3.52. The van der Waals surface area contributed by atoms with Crippen molar-refractivity contribution in [1.29, 1.82) is 0 Å². The quantitative estimate of drug-likeness (QED) is 0.394. The van der Waals surface area contributed by atoms with Crippen LogP contribution in [0, 0.1) is 17.6 Å². The van der Waals surface area contributed by atoms with Crippen molar-refractivity contribution >= 4 is 5.97 Å². The molecule has 8 heteroatoms. The topological polar surface area (TPSA) is 94.7 Å². The fraction of sp³-hybridized carbons (Fsp3) is 0.308. The van der Waals surface area contributed by atoms with E-state index in [-0.39, 0.29) is 6.42 Å². The Kier molecular flexibility index (Phi) is 8.17. The summed E-state index contributed by atoms with van der Waals surface area (Å²) >= 11 is 0. The van der Waals surface area contributed by atoms with Gasteiger partial charge in [-0.2, -0.15) is 4.98 Å². The maximum Gasteiger partial charge on any atom is 0.344 e. The summed E-state index contributed by atoms with van der Waals surface area (Å²) in [6.07, 6.45) is -0.492. The van der Waals surface area contributed by atoms with Crippen molar-refractivity contribution in [2.24, 2.45) is 11.7 Å². The van der Waals surface area contributed by atoms with E-state index in [0.717, 1.165) is 28.7 Å². The van der Waals surface area contributed by atoms with Crippen LogP contribution in [-0.4, -0.2) is 22.2 Å². The number of hydrogen-bond acceptors (Lipinski definition) is 5. The maximum atomic E-state index is 14.5. The fourth-order valence-electron chi connectivity index (χ4n) is 3.50. The Morgan fingerprint density at radius 3 is 2.38 bits per heavy atom. The number of nitrogens with zero attached hydrogens (tertiary/aromatic N) is 1. The van der Waals surface area contributed by atoms with Crippen LogP contribution in [0.25, 0.3) is 11.1 Å². The van der Waals surface area contributed by atoms with Gasteiger partial charge in [0.25, 0.3) is 11.8 Å². The smallest absolute Gasteiger partial charge is 0.344 e. The van der Waals surface area contributed by atoms with E-state index >= 15 is 0 Å². The molecule has 0 fully saturated rings. The molecule has 0 amide bonds. The summed E-state index contributed by atoms with van der Waals surface area (Å²) in [6.45, 7) is 6.13. The van der Waals surface area contributed by atoms with E-state index in [9.17, 15) is 18.7 Å². The van der Waals surface area contributed by atoms with E-state index in [1.54, 1.807) is 19.1 Å². The Balaban J connectivity index is 2.00. The SMILES string of the molecule is CC[C@@H](Oc1nc(Oc2cc(CC(C)C)cc(-c3cccc(CN)c3)c2)c(F)cc1F)C(=O)O. The summed E-state index contributed by atoms with van der Waals surface area (Å²) in [5.41, 5.74) is 9.48. The van der Waals surface area contributed by atoms with E-state index in [0.29, 0.717) is 24.3 Å². The first kappa shape index (κ1) is 25.1. The highest BCUT2D eigenvalue weighted by atomic mass is 19.1. The van der Waals surface area contributed by atoms with Gasteiger partial charge in [-0.15, -0.1) is 0 Å². The van der Waals surface area contributed by atoms with Crippen LogP contribution in [0.2, 0.25) is 0 Å². The summed E-state index contributed by atoms with van der Waals surface area (Å²) in [4.78, 5) is 15.0. The number of halogens is 2. The lowest BCUT2D eigenvalue weighted by molar-refractivity contribution is -0.145. The minimum atomic E-state index is -1.32. The third kappa shape index (κ3) is 6.29. The largest absolute Gasteiger partial charge is 0.479 e. The van der Waals surface area contributed by atoms with Crippen LogP contribution in [-0.2, 0) is 17.8 Å². The second-order valence-electron chi connectivity index (χ2n) is 8.39. The van der Waals surface area contributed by atoms with Gasteiger partial charge in [0, 0.05) is 12.6 Å². The van der Waals surface area contributed by atoms with Gasteiger partial charge in [0.1, 0.15) is 5.75 Å². The zero-order valence-corrected chi connectivity index (χ0v) is 19.3. The molecule has 1 atom stereocenters. The molecule has 3 aromatic rings. The van der Waals surface area contributed by atoms with Crippen molar-refractivity contribution in [3.8, 4) is 28.6 Å². The molecule has 0 aliphatic carbocycles. The van der Waals surface area contributed by atoms with Gasteiger partial charge in [-0.25, -0.2) is 13.6 Å². The first-order valence-corrected chi connectivity index (χ1v) is 11.1. The van der Waals surface area contributed by atoms with E-state index in [1.807, 2.05) is 30.3 Å². The first-order chi connectivity index (χ1) is 16.2. The monoisotopic (exact) mass is 470 g/mol. The number of nitrogens with two attached hydrogens (primary N) is 1. The van der Waals surface area contributed by atoms with Crippen molar-refractivity contribution in [2.75, 3.05) is 0 Å². The average molecular weight is 471 g/mol. The molecule has 0 bridgehead atoms. The van der Waals surface area contributed by atoms with Gasteiger partial charge in [-0.1, -0.05) is 45.0 Å². The zero-order valence-electron chi connectivity index (χ0n) is 19.3. The van der Waals surface area contributed by atoms with Crippen LogP contribution in [0.4, 0.5) is 8.78 Å². The molecule has 180 valence electrons. The van der Waals surface area contributed by atoms with Crippen LogP contribution in [0.5, 0.6) is 17.5 Å². The number of ether oxygens (including phenoxy) is 2. The molecule has 1 aromatic heterocycles. The molecule has 0 saturated carbocycles. The minimum Gasteiger partial charge on any atom is -0.479 e. The lowest BCUT2D eigenvalue weighted by atomic mass is 9.96. The number of benzene rings is 2. The number of carbonyl (C=O) groups is 1. The Bertz CT molecular complexity index is 1170. The summed E-state index contributed by atoms with van der Waals surface area (Å²) in [7, 11) is 0. The van der Waals surface area contributed by atoms with Crippen LogP contribution >= 0.6 is 0 Å². The molecule has 0 saturated heterocycles. The van der Waals surface area contributed by atoms with Gasteiger partial charge >= 0.3 is 5.97 Å². The third-order valence-electron chi connectivity index (χ3n) is 5.09. The molecule has 3 rings (SSSR count). The Morgan fingerprint density at radius 2 is 1.74 bits per heavy atom. The highest BCUT2D eigenvalue weighted by Crippen LogP contribution is 2.32. The molecule has 6 nitrogen and oxygen atoms in total. The number of rotatable bonds is 10. The maximum absolute atomic E-state index is 14.5. The molecule has 0 spiro atoms. The molecule has 0 radical (unpaired) electrons. The molecule has 0 aliphatic rings. The van der Waals surface area contributed by atoms with Crippen molar-refractivity contribution in [1.82, 2.24) is 4.98 Å². The van der Waals surface area contributed by atoms with Crippen molar-refractivity contribution in [3.63, 3.8) is 0 Å². The summed E-state index contributed by atoms with van der Waals surface area (Å²) in [5.74, 6) is -3.91. The molecular formula is C26H28F2N2O4. The summed E-state index contributed by atoms with van der Waals surface area (Å²) < 4.78 is 39.6. The summed E-state index contributed by atoms with van der Waals surface area (Å²) in [5, 5.41) is 9.17. The molecular weight excluding hydrogens is 442 g/mol. The van der Waals surface area contributed by atoms with Crippen LogP contribution < -0.4 is 15.2 Å². The van der Waals surface area contributed by atoms with Crippen molar-refractivity contribution < 1.29 is 28.2 Å². The van der Waals surface area contributed by atoms with Crippen molar-refractivity contribution in [3.05, 3.63) is 71.3 Å². The number of carboxylic acids is 1. The van der Waals surface area contributed by atoms with Crippen molar-refractivity contribution in [2.45, 2.75) is 46.3 Å². The van der Waals surface area contributed by atoms with Gasteiger partial charge < -0.3 is 20.3 Å². The number of carboxylic acid groups (broad SMARTS) is 1. The fourth-order valence-corrected chi connectivity index (χ4v) is 3.50. The predicted octanol–water partition coefficient (Wildman–Crippen LogP) is 5.72. The van der Waals surface area contributed by atoms with Gasteiger partial charge in [0.15, 0.2) is 17.7 Å². The standard InChI is InChI=1S/C26H28F2N2O4/c1-4-23(26(31)32)34-25-22(28)13-21(27)24(30-25)33-20-11-17(8-15(2)3)10-19(12-20)18-7-5-6-16(9-18)14-29/h5-7,9-13,15,23H,4,8,14,29H2,1-3H3,(H,31,32)/t23-/m1/s1. The number of pyridine rings is 1. The lowest BCUT2D eigenvalue weighted by Gasteiger charge is -2.15. The summed E-state index contributed by atoms with van der Waals surface area (Å²) in [6, 6.07) is 13.8. The Morgan fingerprint density at radius 1 is 1.03 bits per heavy atom. The van der Waals surface area contributed by atoms with Crippen LogP contribution in [0.15, 0.2) is 48.5 Å². The Labute approximate surface area is 197 Å². The number of aromatic nitrogens is 1. The van der Waals surface area contributed by atoms with E-state index in [2.05, 4.69) is 18.8 Å². The second kappa shape index (κ2) is 11.1. The second-order valence-corrected chi connectivity index (χ2v) is 8.39. The highest BCUT2D eigenvalue weighted by molar-refractivity contribution is 5.72. The third-order valence-corrected chi connectivity index (χ3v) is 5.09. The van der Waals surface area contributed by atoms with Gasteiger partial charge in [0.2, 0.25) is 0 Å². The van der Waals surface area contributed by atoms with Gasteiger partial charge in [0.05, 0.1) is 0 Å². The molecule has 34 heavy (non-hydrogen) atoms. The predicted molar refractivity (Wildman–Crippen MR) is 125 cm³/mol. The molecule has 1 heterocycles. The highest BCUT2D eigenvalue weighted by Gasteiger charge is 2.22. The van der Waals surface area contributed by atoms with Gasteiger partial charge in [-0.05, 0) is 59.2 Å². The molecule has 0 unspecified atom stereocenters. The van der Waals surface area contributed by atoms with Crippen LogP contribution in [0.1, 0.15) is 38.3 Å². The first-order valence-electron chi connectivity index (χ1n) is 11.1. The molecule has 3 N–H and O–H groups in total. The number of aliphatic carboxylic acids is 1. The normalized spacial score (nSPS) is 12.0. The average Bonchev–Trinajstić information content (AvgIpc) is 2.79.